The van der Waals surface area contributed by atoms with Crippen LogP contribution in [0.3, 0.4) is 0 Å². The van der Waals surface area contributed by atoms with Crippen LogP contribution in [0.2, 0.25) is 0 Å². The van der Waals surface area contributed by atoms with Gasteiger partial charge in [-0.05, 0) is 33.6 Å². The number of hydrogen-bond acceptors (Lipinski definition) is 4. The van der Waals surface area contributed by atoms with Crippen molar-refractivity contribution in [3.8, 4) is 0 Å². The number of rotatable bonds is 6. The van der Waals surface area contributed by atoms with Gasteiger partial charge in [-0.15, -0.1) is 0 Å². The third-order valence-electron chi connectivity index (χ3n) is 2.18. The lowest BCUT2D eigenvalue weighted by Crippen LogP contribution is -2.65. The monoisotopic (exact) mass is 261 g/mol. The van der Waals surface area contributed by atoms with E-state index in [2.05, 4.69) is 15.8 Å². The summed E-state index contributed by atoms with van der Waals surface area (Å²) in [6.45, 7) is 5.98. The van der Waals surface area contributed by atoms with Crippen LogP contribution in [0.5, 0.6) is 0 Å². The van der Waals surface area contributed by atoms with Gasteiger partial charge in [-0.1, -0.05) is 0 Å². The van der Waals surface area contributed by atoms with Gasteiger partial charge < -0.3 is 20.5 Å². The predicted molar refractivity (Wildman–Crippen MR) is 66.8 cm³/mol. The van der Waals surface area contributed by atoms with E-state index in [-0.39, 0.29) is 12.0 Å². The van der Waals surface area contributed by atoms with Gasteiger partial charge >= 0.3 is 12.1 Å². The number of esters is 1. The van der Waals surface area contributed by atoms with E-state index in [1.807, 2.05) is 20.8 Å². The second kappa shape index (κ2) is 7.92. The molecule has 0 aliphatic rings. The van der Waals surface area contributed by atoms with Crippen molar-refractivity contribution in [1.82, 2.24) is 5.32 Å². The van der Waals surface area contributed by atoms with Gasteiger partial charge in [-0.2, -0.15) is 0 Å². The summed E-state index contributed by atoms with van der Waals surface area (Å²) in [5.41, 5.74) is 3.22. The van der Waals surface area contributed by atoms with Crippen LogP contribution in [0.25, 0.3) is 0 Å². The Balaban J connectivity index is 3.57. The number of ether oxygens (including phenoxy) is 2. The number of unbranched alkanes of at least 4 members (excludes halogenated alkanes) is 1. The van der Waals surface area contributed by atoms with Gasteiger partial charge in [0, 0.05) is 13.0 Å². The minimum Gasteiger partial charge on any atom is -0.465 e. The van der Waals surface area contributed by atoms with E-state index in [1.165, 1.54) is 7.11 Å². The molecule has 0 bridgehead atoms. The van der Waals surface area contributed by atoms with E-state index >= 15 is 0 Å². The Bertz CT molecular complexity index is 274. The fraction of sp³-hybridized carbons (Fsp3) is 0.833. The molecule has 6 nitrogen and oxygen atoms in total. The van der Waals surface area contributed by atoms with Crippen LogP contribution in [0.4, 0.5) is 4.79 Å². The van der Waals surface area contributed by atoms with Crippen molar-refractivity contribution in [2.45, 2.75) is 51.7 Å². The van der Waals surface area contributed by atoms with Crippen molar-refractivity contribution in [2.24, 2.45) is 0 Å². The molecule has 0 aliphatic carbocycles. The summed E-state index contributed by atoms with van der Waals surface area (Å²) < 4.78 is 9.66. The van der Waals surface area contributed by atoms with Crippen LogP contribution in [-0.4, -0.2) is 37.4 Å². The molecule has 0 unspecified atom stereocenters. The molecule has 0 aromatic heterocycles. The first kappa shape index (κ1) is 16.7. The molecule has 1 atom stereocenters. The quantitative estimate of drug-likeness (QED) is 0.537. The molecule has 6 heteroatoms. The molecular formula is C12H25N2O4+. The van der Waals surface area contributed by atoms with Gasteiger partial charge in [-0.25, -0.2) is 9.59 Å². The number of nitrogens with one attached hydrogen (secondary N) is 1. The summed E-state index contributed by atoms with van der Waals surface area (Å²) in [6, 6.07) is -0.337. The maximum atomic E-state index is 11.3. The van der Waals surface area contributed by atoms with Crippen molar-refractivity contribution in [3.05, 3.63) is 0 Å². The molecule has 0 aromatic rings. The first-order valence-electron chi connectivity index (χ1n) is 6.14. The Labute approximate surface area is 108 Å². The first-order chi connectivity index (χ1) is 8.26. The number of alkyl carbamates (subject to hydrolysis) is 1. The molecule has 0 aromatic carbocycles. The van der Waals surface area contributed by atoms with Crippen molar-refractivity contribution < 1.29 is 24.8 Å². The van der Waals surface area contributed by atoms with Crippen LogP contribution < -0.4 is 11.1 Å². The average Bonchev–Trinajstić information content (AvgIpc) is 2.24. The van der Waals surface area contributed by atoms with E-state index < -0.39 is 11.7 Å². The molecule has 1 amide bonds. The largest absolute Gasteiger partial charge is 0.465 e. The minimum atomic E-state index is -0.479. The molecule has 18 heavy (non-hydrogen) atoms. The van der Waals surface area contributed by atoms with E-state index in [0.717, 1.165) is 12.8 Å². The second-order valence-corrected chi connectivity index (χ2v) is 5.14. The number of hydrogen-bond donors (Lipinski definition) is 2. The highest BCUT2D eigenvalue weighted by Crippen LogP contribution is 2.06. The predicted octanol–water partition coefficient (Wildman–Crippen LogP) is 0.465. The maximum Gasteiger partial charge on any atom is 0.407 e. The molecule has 0 saturated carbocycles. The van der Waals surface area contributed by atoms with Crippen molar-refractivity contribution >= 4 is 12.1 Å². The summed E-state index contributed by atoms with van der Waals surface area (Å²) in [6.07, 6.45) is 1.82. The molecular weight excluding hydrogens is 236 g/mol. The number of amides is 1. The van der Waals surface area contributed by atoms with Crippen molar-refractivity contribution in [2.75, 3.05) is 13.7 Å². The highest BCUT2D eigenvalue weighted by Gasteiger charge is 2.17. The van der Waals surface area contributed by atoms with Crippen LogP contribution in [-0.2, 0) is 14.3 Å². The van der Waals surface area contributed by atoms with Gasteiger partial charge in [0.1, 0.15) is 5.60 Å². The van der Waals surface area contributed by atoms with Crippen molar-refractivity contribution in [3.63, 3.8) is 0 Å². The average molecular weight is 261 g/mol. The highest BCUT2D eigenvalue weighted by molar-refractivity contribution is 5.73. The molecule has 0 fully saturated rings. The summed E-state index contributed by atoms with van der Waals surface area (Å²) in [4.78, 5) is 22.4. The third kappa shape index (κ3) is 8.81. The molecule has 0 radical (unpaired) electrons. The zero-order chi connectivity index (χ0) is 14.2. The summed E-state index contributed by atoms with van der Waals surface area (Å²) >= 11 is 0. The van der Waals surface area contributed by atoms with Crippen LogP contribution >= 0.6 is 0 Å². The molecule has 4 N–H and O–H groups in total. The van der Waals surface area contributed by atoms with Crippen molar-refractivity contribution in [1.29, 1.82) is 0 Å². The molecule has 0 spiro atoms. The number of methoxy groups -OCH3 is 1. The lowest BCUT2D eigenvalue weighted by Gasteiger charge is -2.19. The minimum absolute atomic E-state index is 0.296. The van der Waals surface area contributed by atoms with Gasteiger partial charge in [0.15, 0.2) is 6.04 Å². The molecule has 0 heterocycles. The Morgan fingerprint density at radius 1 is 1.28 bits per heavy atom. The van der Waals surface area contributed by atoms with Gasteiger partial charge in [-0.3, -0.25) is 0 Å². The molecule has 0 aliphatic heterocycles. The molecule has 0 saturated heterocycles. The number of carbonyl (C=O) groups excluding carboxylic acids is 2. The summed E-state index contributed by atoms with van der Waals surface area (Å²) in [5.74, 6) is -0.296. The Kier molecular flexibility index (Phi) is 7.35. The normalized spacial score (nSPS) is 12.7. The number of carbonyl (C=O) groups is 2. The highest BCUT2D eigenvalue weighted by atomic mass is 16.6. The van der Waals surface area contributed by atoms with E-state index in [9.17, 15) is 9.59 Å². The third-order valence-corrected chi connectivity index (χ3v) is 2.18. The lowest BCUT2D eigenvalue weighted by atomic mass is 10.1. The summed E-state index contributed by atoms with van der Waals surface area (Å²) in [5, 5.41) is 2.66. The Morgan fingerprint density at radius 2 is 1.89 bits per heavy atom. The second-order valence-electron chi connectivity index (χ2n) is 5.14. The smallest absolute Gasteiger partial charge is 0.407 e. The van der Waals surface area contributed by atoms with Gasteiger partial charge in [0.2, 0.25) is 0 Å². The van der Waals surface area contributed by atoms with Gasteiger partial charge in [0.05, 0.1) is 7.11 Å². The van der Waals surface area contributed by atoms with E-state index in [0.29, 0.717) is 13.0 Å². The molecule has 0 rings (SSSR count). The Hall–Kier alpha value is -1.30. The standard InChI is InChI=1S/C12H24N2O4/c1-12(2,3)18-11(16)14-8-6-5-7-9(13)10(15)17-4/h9H,5-8,13H2,1-4H3,(H,14,16)/p+1/t9-/m0/s1. The molecule has 106 valence electrons. The van der Waals surface area contributed by atoms with E-state index in [1.54, 1.807) is 0 Å². The lowest BCUT2D eigenvalue weighted by molar-refractivity contribution is -0.409. The first-order valence-corrected chi connectivity index (χ1v) is 6.14. The zero-order valence-electron chi connectivity index (χ0n) is 11.7. The zero-order valence-corrected chi connectivity index (χ0v) is 11.7. The maximum absolute atomic E-state index is 11.3. The van der Waals surface area contributed by atoms with Gasteiger partial charge in [0.25, 0.3) is 0 Å². The Morgan fingerprint density at radius 3 is 2.39 bits per heavy atom. The fourth-order valence-corrected chi connectivity index (χ4v) is 1.30. The van der Waals surface area contributed by atoms with Crippen LogP contribution in [0.15, 0.2) is 0 Å². The number of quaternary nitrogens is 1. The summed E-state index contributed by atoms with van der Waals surface area (Å²) in [7, 11) is 1.35. The van der Waals surface area contributed by atoms with Crippen LogP contribution in [0.1, 0.15) is 40.0 Å². The SMILES string of the molecule is COC(=O)[C@@H]([NH3+])CCCCNC(=O)OC(C)(C)C. The fourth-order valence-electron chi connectivity index (χ4n) is 1.30. The topological polar surface area (TPSA) is 92.3 Å². The van der Waals surface area contributed by atoms with Crippen LogP contribution in [0, 0.1) is 0 Å². The van der Waals surface area contributed by atoms with E-state index in [4.69, 9.17) is 4.74 Å².